The zero-order chi connectivity index (χ0) is 9.26. The predicted molar refractivity (Wildman–Crippen MR) is 58.2 cm³/mol. The first-order valence-corrected chi connectivity index (χ1v) is 6.01. The molecule has 1 aliphatic carbocycles. The van der Waals surface area contributed by atoms with Gasteiger partial charge in [0.15, 0.2) is 0 Å². The van der Waals surface area contributed by atoms with E-state index in [4.69, 9.17) is 17.3 Å². The van der Waals surface area contributed by atoms with Crippen molar-refractivity contribution in [3.05, 3.63) is 21.3 Å². The van der Waals surface area contributed by atoms with Crippen molar-refractivity contribution in [1.29, 1.82) is 0 Å². The van der Waals surface area contributed by atoms with Gasteiger partial charge < -0.3 is 5.73 Å². The van der Waals surface area contributed by atoms with Crippen molar-refractivity contribution in [2.24, 2.45) is 11.7 Å². The zero-order valence-electron chi connectivity index (χ0n) is 7.50. The van der Waals surface area contributed by atoms with Crippen molar-refractivity contribution in [3.63, 3.8) is 0 Å². The van der Waals surface area contributed by atoms with Crippen molar-refractivity contribution in [2.45, 2.75) is 31.7 Å². The van der Waals surface area contributed by atoms with Gasteiger partial charge in [-0.05, 0) is 30.2 Å². The van der Waals surface area contributed by atoms with Gasteiger partial charge in [-0.15, -0.1) is 11.3 Å². The van der Waals surface area contributed by atoms with Crippen LogP contribution in [-0.2, 0) is 0 Å². The van der Waals surface area contributed by atoms with Gasteiger partial charge in [0.25, 0.3) is 0 Å². The van der Waals surface area contributed by atoms with Gasteiger partial charge in [0.1, 0.15) is 0 Å². The van der Waals surface area contributed by atoms with E-state index in [0.717, 1.165) is 22.2 Å². The van der Waals surface area contributed by atoms with Gasteiger partial charge in [0.05, 0.1) is 5.02 Å². The maximum atomic E-state index is 6.04. The van der Waals surface area contributed by atoms with Crippen LogP contribution in [0.3, 0.4) is 0 Å². The second-order valence-corrected chi connectivity index (χ2v) is 5.11. The van der Waals surface area contributed by atoms with E-state index in [1.165, 1.54) is 19.3 Å². The monoisotopic (exact) mass is 215 g/mol. The first-order chi connectivity index (χ1) is 6.27. The third-order valence-corrected chi connectivity index (χ3v) is 4.05. The van der Waals surface area contributed by atoms with E-state index in [1.54, 1.807) is 11.3 Å². The van der Waals surface area contributed by atoms with Gasteiger partial charge in [-0.25, -0.2) is 0 Å². The summed E-state index contributed by atoms with van der Waals surface area (Å²) in [5, 5.41) is 2.85. The minimum atomic E-state index is 0.160. The molecule has 2 rings (SSSR count). The number of halogens is 1. The largest absolute Gasteiger partial charge is 0.323 e. The van der Waals surface area contributed by atoms with Crippen LogP contribution in [0.2, 0.25) is 5.02 Å². The van der Waals surface area contributed by atoms with Crippen LogP contribution in [0.5, 0.6) is 0 Å². The number of rotatable bonds is 4. The Morgan fingerprint density at radius 1 is 1.62 bits per heavy atom. The molecule has 1 unspecified atom stereocenters. The molecule has 2 N–H and O–H groups in total. The van der Waals surface area contributed by atoms with Gasteiger partial charge in [-0.2, -0.15) is 0 Å². The fraction of sp³-hybridized carbons (Fsp3) is 0.600. The Kier molecular flexibility index (Phi) is 2.92. The molecule has 1 aromatic heterocycles. The van der Waals surface area contributed by atoms with Gasteiger partial charge in [0.2, 0.25) is 0 Å². The van der Waals surface area contributed by atoms with Crippen molar-refractivity contribution in [3.8, 4) is 0 Å². The van der Waals surface area contributed by atoms with Crippen LogP contribution < -0.4 is 5.73 Å². The second-order valence-electron chi connectivity index (χ2n) is 3.76. The Balaban J connectivity index is 1.88. The molecule has 13 heavy (non-hydrogen) atoms. The topological polar surface area (TPSA) is 26.0 Å². The smallest absolute Gasteiger partial charge is 0.0561 e. The molecule has 0 aliphatic heterocycles. The molecule has 72 valence electrons. The van der Waals surface area contributed by atoms with Crippen molar-refractivity contribution >= 4 is 22.9 Å². The van der Waals surface area contributed by atoms with Crippen molar-refractivity contribution in [1.82, 2.24) is 0 Å². The lowest BCUT2D eigenvalue weighted by Crippen LogP contribution is -2.08. The highest BCUT2D eigenvalue weighted by Gasteiger charge is 2.22. The van der Waals surface area contributed by atoms with E-state index in [-0.39, 0.29) is 6.04 Å². The summed E-state index contributed by atoms with van der Waals surface area (Å²) >= 11 is 7.67. The summed E-state index contributed by atoms with van der Waals surface area (Å²) in [4.78, 5) is 1.15. The van der Waals surface area contributed by atoms with E-state index in [2.05, 4.69) is 0 Å². The minimum absolute atomic E-state index is 0.160. The predicted octanol–water partition coefficient (Wildman–Crippen LogP) is 3.59. The van der Waals surface area contributed by atoms with Crippen LogP contribution in [0, 0.1) is 5.92 Å². The molecule has 1 atom stereocenters. The van der Waals surface area contributed by atoms with Crippen LogP contribution in [-0.4, -0.2) is 0 Å². The van der Waals surface area contributed by atoms with Gasteiger partial charge >= 0.3 is 0 Å². The molecule has 0 radical (unpaired) electrons. The summed E-state index contributed by atoms with van der Waals surface area (Å²) in [5.41, 5.74) is 6.04. The summed E-state index contributed by atoms with van der Waals surface area (Å²) in [7, 11) is 0. The molecule has 1 aromatic rings. The first-order valence-electron chi connectivity index (χ1n) is 4.76. The van der Waals surface area contributed by atoms with Crippen molar-refractivity contribution in [2.75, 3.05) is 0 Å². The summed E-state index contributed by atoms with van der Waals surface area (Å²) in [6.07, 6.45) is 5.18. The fourth-order valence-corrected chi connectivity index (χ4v) is 2.76. The van der Waals surface area contributed by atoms with E-state index in [1.807, 2.05) is 11.4 Å². The Labute approximate surface area is 87.9 Å². The molecule has 0 spiro atoms. The summed E-state index contributed by atoms with van der Waals surface area (Å²) < 4.78 is 0. The molecule has 3 heteroatoms. The van der Waals surface area contributed by atoms with Gasteiger partial charge in [0, 0.05) is 10.9 Å². The SMILES string of the molecule is NC(CCC1CC1)c1sccc1Cl. The second kappa shape index (κ2) is 3.99. The normalized spacial score (nSPS) is 18.9. The summed E-state index contributed by atoms with van der Waals surface area (Å²) in [6.45, 7) is 0. The average molecular weight is 216 g/mol. The van der Waals surface area contributed by atoms with Crippen LogP contribution in [0.15, 0.2) is 11.4 Å². The molecular formula is C10H14ClNS. The molecule has 1 saturated carbocycles. The lowest BCUT2D eigenvalue weighted by Gasteiger charge is -2.09. The highest BCUT2D eigenvalue weighted by Crippen LogP contribution is 2.37. The minimum Gasteiger partial charge on any atom is -0.323 e. The third-order valence-electron chi connectivity index (χ3n) is 2.56. The van der Waals surface area contributed by atoms with Crippen LogP contribution in [0.1, 0.15) is 36.6 Å². The zero-order valence-corrected chi connectivity index (χ0v) is 9.07. The summed E-state index contributed by atoms with van der Waals surface area (Å²) in [6, 6.07) is 2.09. The summed E-state index contributed by atoms with van der Waals surface area (Å²) in [5.74, 6) is 0.963. The van der Waals surface area contributed by atoms with E-state index in [9.17, 15) is 0 Å². The molecule has 1 heterocycles. The number of nitrogens with two attached hydrogens (primary N) is 1. The lowest BCUT2D eigenvalue weighted by atomic mass is 10.1. The molecule has 0 aromatic carbocycles. The Morgan fingerprint density at radius 2 is 2.38 bits per heavy atom. The first kappa shape index (κ1) is 9.50. The molecule has 1 nitrogen and oxygen atoms in total. The Bertz CT molecular complexity index is 280. The van der Waals surface area contributed by atoms with E-state index < -0.39 is 0 Å². The molecular weight excluding hydrogens is 202 g/mol. The molecule has 1 aliphatic rings. The maximum absolute atomic E-state index is 6.04. The molecule has 0 amide bonds. The highest BCUT2D eigenvalue weighted by atomic mass is 35.5. The van der Waals surface area contributed by atoms with Gasteiger partial charge in [-0.1, -0.05) is 24.4 Å². The van der Waals surface area contributed by atoms with Crippen LogP contribution in [0.4, 0.5) is 0 Å². The maximum Gasteiger partial charge on any atom is 0.0561 e. The highest BCUT2D eigenvalue weighted by molar-refractivity contribution is 7.10. The molecule has 1 fully saturated rings. The van der Waals surface area contributed by atoms with Gasteiger partial charge in [-0.3, -0.25) is 0 Å². The number of hydrogen-bond acceptors (Lipinski definition) is 2. The third kappa shape index (κ3) is 2.46. The van der Waals surface area contributed by atoms with Crippen LogP contribution >= 0.6 is 22.9 Å². The Hall–Kier alpha value is -0.0500. The van der Waals surface area contributed by atoms with E-state index >= 15 is 0 Å². The quantitative estimate of drug-likeness (QED) is 0.816. The fourth-order valence-electron chi connectivity index (χ4n) is 1.52. The van der Waals surface area contributed by atoms with Crippen molar-refractivity contribution < 1.29 is 0 Å². The number of thiophene rings is 1. The molecule has 0 saturated heterocycles. The average Bonchev–Trinajstić information content (AvgIpc) is 2.84. The Morgan fingerprint density at radius 3 is 2.92 bits per heavy atom. The van der Waals surface area contributed by atoms with E-state index in [0.29, 0.717) is 0 Å². The number of hydrogen-bond donors (Lipinski definition) is 1. The van der Waals surface area contributed by atoms with Crippen LogP contribution in [0.25, 0.3) is 0 Å². The lowest BCUT2D eigenvalue weighted by molar-refractivity contribution is 0.582. The standard InChI is InChI=1S/C10H14ClNS/c11-8-5-6-13-10(8)9(12)4-3-7-1-2-7/h5-7,9H,1-4,12H2. The molecule has 0 bridgehead atoms.